The van der Waals surface area contributed by atoms with Gasteiger partial charge in [0.05, 0.1) is 25.7 Å². The number of carbonyl (C=O) groups is 2. The van der Waals surface area contributed by atoms with Crippen molar-refractivity contribution in [2.24, 2.45) is 0 Å². The normalized spacial score (nSPS) is 10.2. The lowest BCUT2D eigenvalue weighted by Crippen LogP contribution is -2.37. The molecular formula is C17H20N2O4S. The molecular weight excluding hydrogens is 328 g/mol. The number of rotatable bonds is 9. The second-order valence-corrected chi connectivity index (χ2v) is 6.00. The number of nitrogens with one attached hydrogen (secondary N) is 2. The minimum Gasteiger partial charge on any atom is -0.497 e. The molecule has 0 aliphatic carbocycles. The topological polar surface area (TPSA) is 80.6 Å². The van der Waals surface area contributed by atoms with Crippen LogP contribution in [0, 0.1) is 0 Å². The quantitative estimate of drug-likeness (QED) is 0.678. The van der Waals surface area contributed by atoms with Crippen molar-refractivity contribution in [3.63, 3.8) is 0 Å². The minimum atomic E-state index is -0.292. The van der Waals surface area contributed by atoms with Crippen molar-refractivity contribution in [2.75, 3.05) is 26.0 Å². The molecule has 128 valence electrons. The van der Waals surface area contributed by atoms with Crippen molar-refractivity contribution in [3.8, 4) is 5.75 Å². The molecule has 2 N–H and O–H groups in total. The van der Waals surface area contributed by atoms with Gasteiger partial charge in [-0.25, -0.2) is 0 Å². The molecule has 1 aromatic carbocycles. The molecule has 0 atom stereocenters. The van der Waals surface area contributed by atoms with Gasteiger partial charge in [0.1, 0.15) is 11.5 Å². The number of carbonyl (C=O) groups excluding carboxylic acids is 2. The summed E-state index contributed by atoms with van der Waals surface area (Å²) in [5.74, 6) is 2.64. The van der Waals surface area contributed by atoms with Crippen molar-refractivity contribution in [3.05, 3.63) is 54.0 Å². The van der Waals surface area contributed by atoms with E-state index in [1.165, 1.54) is 0 Å². The summed E-state index contributed by atoms with van der Waals surface area (Å²) < 4.78 is 10.3. The monoisotopic (exact) mass is 348 g/mol. The fourth-order valence-corrected chi connectivity index (χ4v) is 2.65. The summed E-state index contributed by atoms with van der Waals surface area (Å²) in [6, 6.07) is 10.5. The van der Waals surface area contributed by atoms with Gasteiger partial charge in [0, 0.05) is 17.9 Å². The first-order chi connectivity index (χ1) is 11.7. The van der Waals surface area contributed by atoms with E-state index in [-0.39, 0.29) is 18.4 Å². The Morgan fingerprint density at radius 3 is 2.62 bits per heavy atom. The molecule has 1 heterocycles. The number of ether oxygens (including phenoxy) is 1. The summed E-state index contributed by atoms with van der Waals surface area (Å²) >= 11 is 1.67. The number of hydrogen-bond donors (Lipinski definition) is 2. The van der Waals surface area contributed by atoms with Gasteiger partial charge >= 0.3 is 0 Å². The van der Waals surface area contributed by atoms with Gasteiger partial charge in [-0.3, -0.25) is 9.59 Å². The number of hydrogen-bond acceptors (Lipinski definition) is 5. The summed E-state index contributed by atoms with van der Waals surface area (Å²) in [6.07, 6.45) is 1.64. The molecule has 0 saturated heterocycles. The number of amides is 2. The average molecular weight is 348 g/mol. The fraction of sp³-hybridized carbons (Fsp3) is 0.294. The van der Waals surface area contributed by atoms with Crippen LogP contribution >= 0.6 is 11.8 Å². The largest absolute Gasteiger partial charge is 0.497 e. The van der Waals surface area contributed by atoms with Gasteiger partial charge < -0.3 is 19.8 Å². The molecule has 6 nitrogen and oxygen atoms in total. The molecule has 2 aromatic rings. The van der Waals surface area contributed by atoms with E-state index < -0.39 is 0 Å². The van der Waals surface area contributed by atoms with E-state index in [1.807, 2.05) is 12.1 Å². The smallest absolute Gasteiger partial charge is 0.251 e. The summed E-state index contributed by atoms with van der Waals surface area (Å²) in [7, 11) is 1.56. The van der Waals surface area contributed by atoms with Gasteiger partial charge in [0.25, 0.3) is 5.91 Å². The first-order valence-electron chi connectivity index (χ1n) is 7.48. The van der Waals surface area contributed by atoms with Crippen LogP contribution in [-0.2, 0) is 10.5 Å². The van der Waals surface area contributed by atoms with Crippen LogP contribution in [-0.4, -0.2) is 37.8 Å². The predicted octanol–water partition coefficient (Wildman–Crippen LogP) is 2.07. The maximum absolute atomic E-state index is 11.9. The lowest BCUT2D eigenvalue weighted by molar-refractivity contribution is -0.120. The highest BCUT2D eigenvalue weighted by atomic mass is 32.2. The van der Waals surface area contributed by atoms with Crippen molar-refractivity contribution < 1.29 is 18.7 Å². The molecule has 0 saturated carbocycles. The van der Waals surface area contributed by atoms with E-state index in [0.717, 1.165) is 17.3 Å². The van der Waals surface area contributed by atoms with Gasteiger partial charge in [-0.15, -0.1) is 0 Å². The highest BCUT2D eigenvalue weighted by Crippen LogP contribution is 2.12. The predicted molar refractivity (Wildman–Crippen MR) is 93.2 cm³/mol. The van der Waals surface area contributed by atoms with Crippen molar-refractivity contribution in [1.29, 1.82) is 0 Å². The number of furan rings is 1. The molecule has 2 rings (SSSR count). The van der Waals surface area contributed by atoms with E-state index in [1.54, 1.807) is 49.4 Å². The van der Waals surface area contributed by atoms with Crippen LogP contribution in [0.25, 0.3) is 0 Å². The molecule has 0 radical (unpaired) electrons. The van der Waals surface area contributed by atoms with Gasteiger partial charge in [-0.1, -0.05) is 0 Å². The Kier molecular flexibility index (Phi) is 7.22. The maximum atomic E-state index is 11.9. The van der Waals surface area contributed by atoms with Crippen molar-refractivity contribution >= 4 is 23.6 Å². The molecule has 1 aromatic heterocycles. The lowest BCUT2D eigenvalue weighted by atomic mass is 10.2. The van der Waals surface area contributed by atoms with Crippen LogP contribution in [0.2, 0.25) is 0 Å². The third-order valence-corrected chi connectivity index (χ3v) is 4.14. The maximum Gasteiger partial charge on any atom is 0.251 e. The van der Waals surface area contributed by atoms with E-state index in [4.69, 9.17) is 9.15 Å². The molecule has 7 heteroatoms. The van der Waals surface area contributed by atoms with Crippen molar-refractivity contribution in [1.82, 2.24) is 10.6 Å². The molecule has 0 aliphatic rings. The van der Waals surface area contributed by atoms with E-state index in [9.17, 15) is 9.59 Å². The number of methoxy groups -OCH3 is 1. The minimum absolute atomic E-state index is 0.0479. The Morgan fingerprint density at radius 2 is 1.96 bits per heavy atom. The Bertz CT molecular complexity index is 641. The van der Waals surface area contributed by atoms with Gasteiger partial charge in [-0.05, 0) is 36.4 Å². The van der Waals surface area contributed by atoms with Crippen LogP contribution in [0.4, 0.5) is 0 Å². The molecule has 24 heavy (non-hydrogen) atoms. The highest BCUT2D eigenvalue weighted by Gasteiger charge is 2.08. The molecule has 0 bridgehead atoms. The fourth-order valence-electron chi connectivity index (χ4n) is 1.90. The first kappa shape index (κ1) is 17.9. The van der Waals surface area contributed by atoms with Crippen LogP contribution in [0.15, 0.2) is 47.1 Å². The second-order valence-electron chi connectivity index (χ2n) is 4.89. The SMILES string of the molecule is COc1ccc(C(=O)NCC(=O)NCCSCc2ccco2)cc1. The van der Waals surface area contributed by atoms with Gasteiger partial charge in [-0.2, -0.15) is 11.8 Å². The average Bonchev–Trinajstić information content (AvgIpc) is 3.13. The summed E-state index contributed by atoms with van der Waals surface area (Å²) in [4.78, 5) is 23.6. The van der Waals surface area contributed by atoms with Crippen molar-refractivity contribution in [2.45, 2.75) is 5.75 Å². The zero-order valence-electron chi connectivity index (χ0n) is 13.4. The Morgan fingerprint density at radius 1 is 1.17 bits per heavy atom. The third kappa shape index (κ3) is 6.00. The lowest BCUT2D eigenvalue weighted by Gasteiger charge is -2.07. The molecule has 0 aliphatic heterocycles. The van der Waals surface area contributed by atoms with Crippen LogP contribution in [0.1, 0.15) is 16.1 Å². The van der Waals surface area contributed by atoms with Gasteiger partial charge in [0.15, 0.2) is 0 Å². The molecule has 0 unspecified atom stereocenters. The van der Waals surface area contributed by atoms with Gasteiger partial charge in [0.2, 0.25) is 5.91 Å². The van der Waals surface area contributed by atoms with Crippen LogP contribution in [0.5, 0.6) is 5.75 Å². The Labute approximate surface area is 144 Å². The molecule has 0 fully saturated rings. The van der Waals surface area contributed by atoms with E-state index in [0.29, 0.717) is 17.9 Å². The summed E-state index contributed by atoms with van der Waals surface area (Å²) in [5, 5.41) is 5.35. The van der Waals surface area contributed by atoms with E-state index >= 15 is 0 Å². The zero-order chi connectivity index (χ0) is 17.2. The first-order valence-corrected chi connectivity index (χ1v) is 8.63. The molecule has 0 spiro atoms. The van der Waals surface area contributed by atoms with Crippen LogP contribution < -0.4 is 15.4 Å². The summed E-state index contributed by atoms with van der Waals surface area (Å²) in [5.41, 5.74) is 0.484. The highest BCUT2D eigenvalue weighted by molar-refractivity contribution is 7.98. The standard InChI is InChI=1S/C17H20N2O4S/c1-22-14-6-4-13(5-7-14)17(21)19-11-16(20)18-8-10-24-12-15-3-2-9-23-15/h2-7,9H,8,10-12H2,1H3,(H,18,20)(H,19,21). The Balaban J connectivity index is 1.59. The molecule has 2 amide bonds. The number of thioether (sulfide) groups is 1. The summed E-state index contributed by atoms with van der Waals surface area (Å²) in [6.45, 7) is 0.496. The van der Waals surface area contributed by atoms with E-state index in [2.05, 4.69) is 10.6 Å². The second kappa shape index (κ2) is 9.67. The van der Waals surface area contributed by atoms with Crippen LogP contribution in [0.3, 0.4) is 0 Å². The third-order valence-electron chi connectivity index (χ3n) is 3.15. The Hall–Kier alpha value is -2.41. The zero-order valence-corrected chi connectivity index (χ0v) is 14.2. The number of benzene rings is 1.